The minimum absolute atomic E-state index is 0.471. The molecule has 1 heteroatoms. The van der Waals surface area contributed by atoms with E-state index in [1.807, 2.05) is 6.20 Å². The minimum Gasteiger partial charge on any atom is -0.256 e. The highest BCUT2D eigenvalue weighted by Crippen LogP contribution is 2.35. The predicted octanol–water partition coefficient (Wildman–Crippen LogP) is 5.63. The fourth-order valence-electron chi connectivity index (χ4n) is 3.09. The van der Waals surface area contributed by atoms with E-state index in [0.717, 1.165) is 0 Å². The molecule has 0 aliphatic rings. The Bertz CT molecular complexity index is 769. The summed E-state index contributed by atoms with van der Waals surface area (Å²) in [6.07, 6.45) is 1.96. The van der Waals surface area contributed by atoms with Gasteiger partial charge in [0, 0.05) is 11.6 Å². The van der Waals surface area contributed by atoms with Gasteiger partial charge in [0.05, 0.1) is 5.52 Å². The number of rotatable bonds is 2. The molecule has 0 amide bonds. The summed E-state index contributed by atoms with van der Waals surface area (Å²) in [6.45, 7) is 9.01. The second-order valence-corrected chi connectivity index (χ2v) is 6.12. The fraction of sp³-hybridized carbons (Fsp3) is 0.316. The molecule has 2 aromatic carbocycles. The standard InChI is InChI=1S/C19H21N/c1-12(2)15-9-10-20-19-17(15)11-14-7-5-6-8-16(14)18(19)13(3)4/h5-13H,1-4H3. The van der Waals surface area contributed by atoms with Crippen molar-refractivity contribution in [2.24, 2.45) is 0 Å². The Morgan fingerprint density at radius 1 is 0.850 bits per heavy atom. The molecule has 0 saturated carbocycles. The first-order chi connectivity index (χ1) is 9.59. The van der Waals surface area contributed by atoms with E-state index in [1.165, 1.54) is 32.8 Å². The largest absolute Gasteiger partial charge is 0.256 e. The van der Waals surface area contributed by atoms with Gasteiger partial charge in [-0.1, -0.05) is 52.0 Å². The summed E-state index contributed by atoms with van der Waals surface area (Å²) < 4.78 is 0. The van der Waals surface area contributed by atoms with E-state index in [2.05, 4.69) is 64.1 Å². The van der Waals surface area contributed by atoms with Crippen molar-refractivity contribution in [2.75, 3.05) is 0 Å². The zero-order chi connectivity index (χ0) is 14.3. The number of benzene rings is 2. The molecule has 0 aliphatic heterocycles. The van der Waals surface area contributed by atoms with Crippen LogP contribution in [0.3, 0.4) is 0 Å². The molecule has 0 unspecified atom stereocenters. The summed E-state index contributed by atoms with van der Waals surface area (Å²) in [7, 11) is 0. The van der Waals surface area contributed by atoms with Crippen molar-refractivity contribution in [3.63, 3.8) is 0 Å². The Hall–Kier alpha value is -1.89. The van der Waals surface area contributed by atoms with Crippen LogP contribution >= 0.6 is 0 Å². The Kier molecular flexibility index (Phi) is 3.21. The lowest BCUT2D eigenvalue weighted by atomic mass is 9.89. The van der Waals surface area contributed by atoms with E-state index >= 15 is 0 Å². The van der Waals surface area contributed by atoms with Gasteiger partial charge in [-0.05, 0) is 45.9 Å². The van der Waals surface area contributed by atoms with E-state index in [4.69, 9.17) is 4.98 Å². The van der Waals surface area contributed by atoms with Gasteiger partial charge in [-0.3, -0.25) is 4.98 Å². The predicted molar refractivity (Wildman–Crippen MR) is 87.4 cm³/mol. The van der Waals surface area contributed by atoms with Gasteiger partial charge in [0.2, 0.25) is 0 Å². The first kappa shape index (κ1) is 13.1. The maximum Gasteiger partial charge on any atom is 0.0745 e. The average Bonchev–Trinajstić information content (AvgIpc) is 2.43. The highest BCUT2D eigenvalue weighted by molar-refractivity contribution is 6.02. The van der Waals surface area contributed by atoms with Crippen LogP contribution in [0.2, 0.25) is 0 Å². The molecular formula is C19H21N. The monoisotopic (exact) mass is 263 g/mol. The van der Waals surface area contributed by atoms with E-state index in [1.54, 1.807) is 0 Å². The summed E-state index contributed by atoms with van der Waals surface area (Å²) >= 11 is 0. The number of pyridine rings is 1. The van der Waals surface area contributed by atoms with Crippen LogP contribution in [0.15, 0.2) is 42.6 Å². The Morgan fingerprint density at radius 3 is 2.30 bits per heavy atom. The SMILES string of the molecule is CC(C)c1ccnc2c(C(C)C)c3ccccc3cc12. The molecule has 0 fully saturated rings. The molecule has 1 heterocycles. The van der Waals surface area contributed by atoms with Crippen LogP contribution in [0.4, 0.5) is 0 Å². The fourth-order valence-corrected chi connectivity index (χ4v) is 3.09. The van der Waals surface area contributed by atoms with Crippen molar-refractivity contribution in [2.45, 2.75) is 39.5 Å². The van der Waals surface area contributed by atoms with Gasteiger partial charge in [0.25, 0.3) is 0 Å². The van der Waals surface area contributed by atoms with Crippen molar-refractivity contribution in [3.05, 3.63) is 53.7 Å². The quantitative estimate of drug-likeness (QED) is 0.546. The second-order valence-electron chi connectivity index (χ2n) is 6.12. The molecule has 20 heavy (non-hydrogen) atoms. The zero-order valence-corrected chi connectivity index (χ0v) is 12.6. The Morgan fingerprint density at radius 2 is 1.60 bits per heavy atom. The molecule has 0 saturated heterocycles. The molecule has 0 radical (unpaired) electrons. The molecule has 0 spiro atoms. The third-order valence-corrected chi connectivity index (χ3v) is 4.03. The van der Waals surface area contributed by atoms with Crippen molar-refractivity contribution < 1.29 is 0 Å². The van der Waals surface area contributed by atoms with Gasteiger partial charge in [-0.15, -0.1) is 0 Å². The third-order valence-electron chi connectivity index (χ3n) is 4.03. The van der Waals surface area contributed by atoms with Gasteiger partial charge < -0.3 is 0 Å². The van der Waals surface area contributed by atoms with Crippen LogP contribution in [0.5, 0.6) is 0 Å². The molecule has 0 N–H and O–H groups in total. The molecule has 102 valence electrons. The summed E-state index contributed by atoms with van der Waals surface area (Å²) in [6, 6.07) is 13.1. The second kappa shape index (κ2) is 4.90. The van der Waals surface area contributed by atoms with E-state index in [9.17, 15) is 0 Å². The van der Waals surface area contributed by atoms with Crippen LogP contribution < -0.4 is 0 Å². The van der Waals surface area contributed by atoms with Crippen LogP contribution in [0.25, 0.3) is 21.7 Å². The topological polar surface area (TPSA) is 12.9 Å². The number of hydrogen-bond acceptors (Lipinski definition) is 1. The number of nitrogens with zero attached hydrogens (tertiary/aromatic N) is 1. The summed E-state index contributed by atoms with van der Waals surface area (Å²) in [4.78, 5) is 4.70. The van der Waals surface area contributed by atoms with Crippen LogP contribution in [0.1, 0.15) is 50.7 Å². The van der Waals surface area contributed by atoms with Crippen LogP contribution in [0, 0.1) is 0 Å². The van der Waals surface area contributed by atoms with Crippen LogP contribution in [-0.2, 0) is 0 Å². The average molecular weight is 263 g/mol. The first-order valence-electron chi connectivity index (χ1n) is 7.40. The maximum absolute atomic E-state index is 4.70. The third kappa shape index (κ3) is 1.98. The van der Waals surface area contributed by atoms with Gasteiger partial charge in [-0.2, -0.15) is 0 Å². The molecule has 3 rings (SSSR count). The van der Waals surface area contributed by atoms with Gasteiger partial charge in [-0.25, -0.2) is 0 Å². The number of aromatic nitrogens is 1. The normalized spacial score (nSPS) is 11.9. The van der Waals surface area contributed by atoms with Crippen molar-refractivity contribution >= 4 is 21.7 Å². The van der Waals surface area contributed by atoms with Crippen molar-refractivity contribution in [1.82, 2.24) is 4.98 Å². The van der Waals surface area contributed by atoms with E-state index < -0.39 is 0 Å². The number of hydrogen-bond donors (Lipinski definition) is 0. The lowest BCUT2D eigenvalue weighted by molar-refractivity contribution is 0.867. The summed E-state index contributed by atoms with van der Waals surface area (Å²) in [5.74, 6) is 0.986. The highest BCUT2D eigenvalue weighted by Gasteiger charge is 2.14. The molecule has 0 aliphatic carbocycles. The highest BCUT2D eigenvalue weighted by atomic mass is 14.7. The number of fused-ring (bicyclic) bond motifs is 2. The maximum atomic E-state index is 4.70. The molecule has 0 bridgehead atoms. The van der Waals surface area contributed by atoms with E-state index in [-0.39, 0.29) is 0 Å². The Balaban J connectivity index is 2.53. The molecular weight excluding hydrogens is 242 g/mol. The van der Waals surface area contributed by atoms with Gasteiger partial charge in [0.1, 0.15) is 0 Å². The smallest absolute Gasteiger partial charge is 0.0745 e. The first-order valence-corrected chi connectivity index (χ1v) is 7.40. The minimum atomic E-state index is 0.471. The van der Waals surface area contributed by atoms with Crippen molar-refractivity contribution in [1.29, 1.82) is 0 Å². The summed E-state index contributed by atoms with van der Waals surface area (Å²) in [5.41, 5.74) is 3.94. The van der Waals surface area contributed by atoms with Gasteiger partial charge in [0.15, 0.2) is 0 Å². The Labute approximate surface area is 120 Å². The summed E-state index contributed by atoms with van der Waals surface area (Å²) in [5, 5.41) is 3.96. The van der Waals surface area contributed by atoms with Crippen molar-refractivity contribution in [3.8, 4) is 0 Å². The van der Waals surface area contributed by atoms with E-state index in [0.29, 0.717) is 11.8 Å². The molecule has 1 aromatic heterocycles. The zero-order valence-electron chi connectivity index (χ0n) is 12.6. The molecule has 0 atom stereocenters. The van der Waals surface area contributed by atoms with Gasteiger partial charge >= 0.3 is 0 Å². The van der Waals surface area contributed by atoms with Crippen LogP contribution in [-0.4, -0.2) is 4.98 Å². The molecule has 1 nitrogen and oxygen atoms in total. The molecule has 3 aromatic rings. The lowest BCUT2D eigenvalue weighted by Crippen LogP contribution is -1.98. The lowest BCUT2D eigenvalue weighted by Gasteiger charge is -2.17.